The van der Waals surface area contributed by atoms with E-state index in [0.717, 1.165) is 45.2 Å². The predicted molar refractivity (Wildman–Crippen MR) is 131 cm³/mol. The number of thiazole rings is 1. The Bertz CT molecular complexity index is 1070. The summed E-state index contributed by atoms with van der Waals surface area (Å²) in [5, 5.41) is 9.93. The highest BCUT2D eigenvalue weighted by Crippen LogP contribution is 2.38. The summed E-state index contributed by atoms with van der Waals surface area (Å²) in [6, 6.07) is 12.8. The Morgan fingerprint density at radius 1 is 1.12 bits per heavy atom. The number of carboxylic acid groups (broad SMARTS) is 1. The molecule has 0 radical (unpaired) electrons. The highest BCUT2D eigenvalue weighted by atomic mass is 32.1. The molecule has 1 atom stereocenters. The van der Waals surface area contributed by atoms with E-state index in [-0.39, 0.29) is 11.0 Å². The van der Waals surface area contributed by atoms with Crippen molar-refractivity contribution in [3.8, 4) is 26.8 Å². The number of carboxylic acids is 1. The second-order valence-corrected chi connectivity index (χ2v) is 9.77. The van der Waals surface area contributed by atoms with Gasteiger partial charge in [-0.15, -0.1) is 11.3 Å². The number of carbonyl (C=O) groups is 1. The lowest BCUT2D eigenvalue weighted by Crippen LogP contribution is -2.25. The van der Waals surface area contributed by atoms with Crippen LogP contribution in [0.25, 0.3) is 21.0 Å². The summed E-state index contributed by atoms with van der Waals surface area (Å²) in [7, 11) is 1.57. The first-order valence-corrected chi connectivity index (χ1v) is 11.8. The van der Waals surface area contributed by atoms with Crippen molar-refractivity contribution in [1.29, 1.82) is 0 Å². The fourth-order valence-corrected chi connectivity index (χ4v) is 4.16. The average Bonchev–Trinajstić information content (AvgIpc) is 3.28. The lowest BCUT2D eigenvalue weighted by molar-refractivity contribution is -0.234. The molecule has 0 aliphatic heterocycles. The van der Waals surface area contributed by atoms with Crippen LogP contribution in [0.5, 0.6) is 5.75 Å². The first kappa shape index (κ1) is 24.9. The number of methoxy groups -OCH3 is 1. The van der Waals surface area contributed by atoms with Crippen molar-refractivity contribution in [2.75, 3.05) is 13.7 Å². The van der Waals surface area contributed by atoms with E-state index < -0.39 is 12.4 Å². The molecule has 1 N–H and O–H groups in total. The maximum Gasteiger partial charge on any atom is 0.335 e. The number of hydrogen-bond acceptors (Lipinski definition) is 6. The van der Waals surface area contributed by atoms with E-state index >= 15 is 0 Å². The van der Waals surface area contributed by atoms with Gasteiger partial charge >= 0.3 is 12.4 Å². The molecule has 2 aromatic carbocycles. The molecule has 3 rings (SSSR count). The molecule has 0 spiro atoms. The molecule has 0 amide bonds. The molecule has 0 aliphatic carbocycles. The molecule has 1 unspecified atom stereocenters. The van der Waals surface area contributed by atoms with Gasteiger partial charge in [0.05, 0.1) is 17.0 Å². The van der Waals surface area contributed by atoms with Gasteiger partial charge in [0, 0.05) is 24.4 Å². The van der Waals surface area contributed by atoms with Crippen LogP contribution in [0.3, 0.4) is 0 Å². The van der Waals surface area contributed by atoms with Gasteiger partial charge in [-0.2, -0.15) is 0 Å². The number of aromatic nitrogens is 1. The third-order valence-corrected chi connectivity index (χ3v) is 6.22. The van der Waals surface area contributed by atoms with Gasteiger partial charge in [0.2, 0.25) is 0 Å². The van der Waals surface area contributed by atoms with Crippen LogP contribution in [0.15, 0.2) is 48.7 Å². The van der Waals surface area contributed by atoms with E-state index in [1.54, 1.807) is 42.7 Å². The number of benzene rings is 2. The summed E-state index contributed by atoms with van der Waals surface area (Å²) < 4.78 is 17.1. The molecule has 6 nitrogen and oxygen atoms in total. The van der Waals surface area contributed by atoms with E-state index in [4.69, 9.17) is 19.3 Å². The normalized spacial score (nSPS) is 12.5. The van der Waals surface area contributed by atoms with E-state index in [0.29, 0.717) is 6.61 Å². The molecule has 7 heteroatoms. The van der Waals surface area contributed by atoms with E-state index in [1.165, 1.54) is 0 Å². The van der Waals surface area contributed by atoms with Crippen LogP contribution >= 0.6 is 11.3 Å². The summed E-state index contributed by atoms with van der Waals surface area (Å²) in [6.07, 6.45) is 3.83. The average molecular weight is 470 g/mol. The van der Waals surface area contributed by atoms with Gasteiger partial charge in [-0.3, -0.25) is 0 Å². The van der Waals surface area contributed by atoms with Gasteiger partial charge in [-0.1, -0.05) is 46.2 Å². The quantitative estimate of drug-likeness (QED) is 0.266. The van der Waals surface area contributed by atoms with Crippen molar-refractivity contribution in [3.05, 3.63) is 59.8 Å². The Labute approximate surface area is 199 Å². The predicted octanol–water partition coefficient (Wildman–Crippen LogP) is 6.60. The monoisotopic (exact) mass is 469 g/mol. The third-order valence-electron chi connectivity index (χ3n) is 5.12. The summed E-state index contributed by atoms with van der Waals surface area (Å²) in [4.78, 5) is 16.7. The molecule has 176 valence electrons. The van der Waals surface area contributed by atoms with Crippen molar-refractivity contribution in [1.82, 2.24) is 4.98 Å². The summed E-state index contributed by atoms with van der Waals surface area (Å²) >= 11 is 1.56. The van der Waals surface area contributed by atoms with Crippen molar-refractivity contribution in [2.24, 2.45) is 0 Å². The Morgan fingerprint density at radius 2 is 1.82 bits per heavy atom. The fraction of sp³-hybridized carbons (Fsp3) is 0.385. The minimum absolute atomic E-state index is 0.159. The zero-order valence-electron chi connectivity index (χ0n) is 19.8. The van der Waals surface area contributed by atoms with Crippen LogP contribution in [-0.2, 0) is 14.9 Å². The number of nitrogens with zero attached hydrogens (tertiary/aromatic N) is 1. The summed E-state index contributed by atoms with van der Waals surface area (Å²) in [5.74, 6) is -0.214. The molecule has 0 saturated carbocycles. The largest absolute Gasteiger partial charge is 0.478 e. The van der Waals surface area contributed by atoms with Crippen LogP contribution in [0.4, 0.5) is 0 Å². The van der Waals surface area contributed by atoms with Crippen molar-refractivity contribution in [3.63, 3.8) is 0 Å². The minimum Gasteiger partial charge on any atom is -0.478 e. The first-order valence-electron chi connectivity index (χ1n) is 11.0. The highest BCUT2D eigenvalue weighted by Gasteiger charge is 2.23. The van der Waals surface area contributed by atoms with Crippen molar-refractivity contribution in [2.45, 2.75) is 52.4 Å². The molecule has 1 heterocycles. The van der Waals surface area contributed by atoms with Crippen LogP contribution in [0.2, 0.25) is 0 Å². The molecule has 33 heavy (non-hydrogen) atoms. The third kappa shape index (κ3) is 6.41. The lowest BCUT2D eigenvalue weighted by Gasteiger charge is -2.26. The second kappa shape index (κ2) is 10.9. The van der Waals surface area contributed by atoms with Crippen LogP contribution in [0.1, 0.15) is 56.5 Å². The van der Waals surface area contributed by atoms with Gasteiger partial charge < -0.3 is 19.3 Å². The Morgan fingerprint density at radius 3 is 2.42 bits per heavy atom. The van der Waals surface area contributed by atoms with Gasteiger partial charge in [-0.25, -0.2) is 9.78 Å². The topological polar surface area (TPSA) is 77.9 Å². The van der Waals surface area contributed by atoms with Gasteiger partial charge in [0.25, 0.3) is 0 Å². The molecule has 0 aliphatic rings. The van der Waals surface area contributed by atoms with E-state index in [1.807, 2.05) is 18.3 Å². The smallest absolute Gasteiger partial charge is 0.335 e. The SMILES string of the molecule is CCCCOC(OC)Oc1ccc(-c2cnc(-c3ccc(C(=O)O)cc3)s2)cc1C(C)(C)C. The standard InChI is InChI=1S/C26H31NO5S/c1-6-7-14-31-25(30-5)32-21-13-12-19(15-20(21)26(2,3)4)22-16-27-23(33-22)17-8-10-18(11-9-17)24(28)29/h8-13,15-16,25H,6-7,14H2,1-5H3,(H,28,29). The number of aromatic carboxylic acids is 1. The van der Waals surface area contributed by atoms with Crippen LogP contribution < -0.4 is 4.74 Å². The van der Waals surface area contributed by atoms with E-state index in [2.05, 4.69) is 38.7 Å². The molecular formula is C26H31NO5S. The number of rotatable bonds is 10. The Kier molecular flexibility index (Phi) is 8.24. The number of unbranched alkanes of at least 4 members (excludes halogenated alkanes) is 1. The van der Waals surface area contributed by atoms with Gasteiger partial charge in [-0.05, 0) is 47.7 Å². The van der Waals surface area contributed by atoms with E-state index in [9.17, 15) is 4.79 Å². The van der Waals surface area contributed by atoms with Crippen molar-refractivity contribution >= 4 is 17.3 Å². The molecule has 0 bridgehead atoms. The summed E-state index contributed by atoms with van der Waals surface area (Å²) in [5.41, 5.74) is 3.07. The molecule has 3 aromatic rings. The molecule has 1 aromatic heterocycles. The zero-order chi connectivity index (χ0) is 24.0. The number of hydrogen-bond donors (Lipinski definition) is 1. The van der Waals surface area contributed by atoms with Crippen molar-refractivity contribution < 1.29 is 24.1 Å². The highest BCUT2D eigenvalue weighted by molar-refractivity contribution is 7.18. The van der Waals surface area contributed by atoms with Gasteiger partial charge in [0.1, 0.15) is 10.8 Å². The lowest BCUT2D eigenvalue weighted by atomic mass is 9.85. The Hall–Kier alpha value is -2.74. The van der Waals surface area contributed by atoms with Gasteiger partial charge in [0.15, 0.2) is 0 Å². The van der Waals surface area contributed by atoms with Crippen LogP contribution in [0, 0.1) is 0 Å². The zero-order valence-corrected chi connectivity index (χ0v) is 20.6. The molecular weight excluding hydrogens is 438 g/mol. The number of ether oxygens (including phenoxy) is 3. The maximum absolute atomic E-state index is 11.1. The minimum atomic E-state index is -0.940. The Balaban J connectivity index is 1.86. The molecule has 0 fully saturated rings. The maximum atomic E-state index is 11.1. The van der Waals surface area contributed by atoms with Crippen LogP contribution in [-0.4, -0.2) is 36.3 Å². The molecule has 0 saturated heterocycles. The fourth-order valence-electron chi connectivity index (χ4n) is 3.25. The second-order valence-electron chi connectivity index (χ2n) is 8.74. The summed E-state index contributed by atoms with van der Waals surface area (Å²) in [6.45, 7) is 8.35. The first-order chi connectivity index (χ1) is 15.7.